The molecule has 0 heterocycles. The van der Waals surface area contributed by atoms with Gasteiger partial charge in [0.2, 0.25) is 0 Å². The lowest BCUT2D eigenvalue weighted by Gasteiger charge is -2.07. The van der Waals surface area contributed by atoms with Crippen LogP contribution in [0.1, 0.15) is 13.3 Å². The fraction of sp³-hybridized carbons (Fsp3) is 0.235. The second-order valence-electron chi connectivity index (χ2n) is 4.51. The van der Waals surface area contributed by atoms with Gasteiger partial charge in [-0.1, -0.05) is 37.3 Å². The number of hydrogen-bond acceptors (Lipinski definition) is 4. The van der Waals surface area contributed by atoms with Gasteiger partial charge in [0, 0.05) is 21.6 Å². The zero-order valence-electron chi connectivity index (χ0n) is 12.1. The molecule has 0 bridgehead atoms. The molecule has 0 aliphatic rings. The Morgan fingerprint density at radius 3 is 2.62 bits per heavy atom. The van der Waals surface area contributed by atoms with Crippen molar-refractivity contribution in [2.24, 2.45) is 0 Å². The Bertz CT molecular complexity index is 677. The van der Waals surface area contributed by atoms with Gasteiger partial charge in [0.25, 0.3) is 0 Å². The van der Waals surface area contributed by atoms with Crippen molar-refractivity contribution >= 4 is 28.5 Å². The molecule has 0 aliphatic heterocycles. The topological polar surface area (TPSA) is 46.5 Å². The molecule has 2 rings (SSSR count). The molecular weight excluding hydrogens is 284 g/mol. The summed E-state index contributed by atoms with van der Waals surface area (Å²) in [5.74, 6) is 0.704. The van der Waals surface area contributed by atoms with Gasteiger partial charge in [-0.05, 0) is 23.9 Å². The van der Waals surface area contributed by atoms with Crippen LogP contribution in [0.15, 0.2) is 52.9 Å². The van der Waals surface area contributed by atoms with E-state index in [-0.39, 0.29) is 11.7 Å². The van der Waals surface area contributed by atoms with Crippen molar-refractivity contribution in [3.8, 4) is 5.75 Å². The van der Waals surface area contributed by atoms with Gasteiger partial charge in [0.15, 0.2) is 0 Å². The number of fused-ring (bicyclic) bond motifs is 1. The first-order valence-electron chi connectivity index (χ1n) is 6.78. The SMILES string of the molecule is CC/C(=C/CSc1ccc(O)c2ccccc12)C(=O)OC. The van der Waals surface area contributed by atoms with Crippen LogP contribution in [0, 0.1) is 0 Å². The van der Waals surface area contributed by atoms with Gasteiger partial charge in [-0.3, -0.25) is 0 Å². The van der Waals surface area contributed by atoms with Gasteiger partial charge in [0.05, 0.1) is 7.11 Å². The number of benzene rings is 2. The number of phenolic OH excluding ortho intramolecular Hbond substituents is 1. The normalized spacial score (nSPS) is 11.6. The number of aromatic hydroxyl groups is 1. The molecule has 3 nitrogen and oxygen atoms in total. The smallest absolute Gasteiger partial charge is 0.333 e. The Kier molecular flexibility index (Phi) is 5.28. The van der Waals surface area contributed by atoms with E-state index in [4.69, 9.17) is 4.74 Å². The maximum atomic E-state index is 11.5. The summed E-state index contributed by atoms with van der Waals surface area (Å²) in [4.78, 5) is 12.6. The third-order valence-corrected chi connectivity index (χ3v) is 4.26. The molecular formula is C17H18O3S. The van der Waals surface area contributed by atoms with Gasteiger partial charge >= 0.3 is 5.97 Å². The summed E-state index contributed by atoms with van der Waals surface area (Å²) in [6, 6.07) is 11.4. The number of esters is 1. The second-order valence-corrected chi connectivity index (χ2v) is 5.58. The first-order valence-corrected chi connectivity index (χ1v) is 7.76. The average Bonchev–Trinajstić information content (AvgIpc) is 2.53. The summed E-state index contributed by atoms with van der Waals surface area (Å²) in [6.07, 6.45) is 2.56. The minimum Gasteiger partial charge on any atom is -0.507 e. The number of thioether (sulfide) groups is 1. The molecule has 0 atom stereocenters. The average molecular weight is 302 g/mol. The van der Waals surface area contributed by atoms with Crippen LogP contribution in [0.25, 0.3) is 10.8 Å². The number of carbonyl (C=O) groups excluding carboxylic acids is 1. The van der Waals surface area contributed by atoms with E-state index < -0.39 is 0 Å². The number of hydrogen-bond donors (Lipinski definition) is 1. The summed E-state index contributed by atoms with van der Waals surface area (Å²) >= 11 is 1.63. The third kappa shape index (κ3) is 3.58. The first kappa shape index (κ1) is 15.4. The van der Waals surface area contributed by atoms with Crippen LogP contribution in [0.3, 0.4) is 0 Å². The molecule has 2 aromatic carbocycles. The van der Waals surface area contributed by atoms with Crippen LogP contribution >= 0.6 is 11.8 Å². The Labute approximate surface area is 128 Å². The highest BCUT2D eigenvalue weighted by Crippen LogP contribution is 2.33. The molecule has 0 radical (unpaired) electrons. The zero-order chi connectivity index (χ0) is 15.2. The number of methoxy groups -OCH3 is 1. The van der Waals surface area contributed by atoms with Crippen LogP contribution in [0.4, 0.5) is 0 Å². The van der Waals surface area contributed by atoms with Crippen LogP contribution < -0.4 is 0 Å². The quantitative estimate of drug-likeness (QED) is 0.512. The molecule has 2 aromatic rings. The van der Waals surface area contributed by atoms with Crippen molar-refractivity contribution < 1.29 is 14.6 Å². The standard InChI is InChI=1S/C17H18O3S/c1-3-12(17(19)20-2)10-11-21-16-9-8-15(18)13-6-4-5-7-14(13)16/h4-10,18H,3,11H2,1-2H3/b12-10-. The van der Waals surface area contributed by atoms with E-state index in [1.54, 1.807) is 17.8 Å². The molecule has 21 heavy (non-hydrogen) atoms. The highest BCUT2D eigenvalue weighted by atomic mass is 32.2. The monoisotopic (exact) mass is 302 g/mol. The first-order chi connectivity index (χ1) is 10.2. The van der Waals surface area contributed by atoms with Crippen LogP contribution in [0.5, 0.6) is 5.75 Å². The van der Waals surface area contributed by atoms with Crippen molar-refractivity contribution in [2.75, 3.05) is 12.9 Å². The molecule has 0 aromatic heterocycles. The van der Waals surface area contributed by atoms with Gasteiger partial charge in [-0.15, -0.1) is 11.8 Å². The zero-order valence-corrected chi connectivity index (χ0v) is 12.9. The fourth-order valence-electron chi connectivity index (χ4n) is 2.12. The van der Waals surface area contributed by atoms with E-state index in [2.05, 4.69) is 0 Å². The van der Waals surface area contributed by atoms with E-state index in [1.165, 1.54) is 7.11 Å². The molecule has 1 N–H and O–H groups in total. The summed E-state index contributed by atoms with van der Waals surface area (Å²) in [7, 11) is 1.40. The van der Waals surface area contributed by atoms with Crippen LogP contribution in [-0.2, 0) is 9.53 Å². The highest BCUT2D eigenvalue weighted by molar-refractivity contribution is 7.99. The number of phenols is 1. The Morgan fingerprint density at radius 1 is 1.24 bits per heavy atom. The predicted octanol–water partition coefficient (Wildman–Crippen LogP) is 4.15. The van der Waals surface area contributed by atoms with Gasteiger partial charge < -0.3 is 9.84 Å². The third-order valence-electron chi connectivity index (χ3n) is 3.26. The largest absolute Gasteiger partial charge is 0.507 e. The molecule has 110 valence electrons. The molecule has 0 saturated carbocycles. The van der Waals surface area contributed by atoms with Crippen molar-refractivity contribution in [1.29, 1.82) is 0 Å². The molecule has 0 saturated heterocycles. The maximum absolute atomic E-state index is 11.5. The molecule has 0 amide bonds. The number of ether oxygens (including phenoxy) is 1. The van der Waals surface area contributed by atoms with Crippen molar-refractivity contribution in [1.82, 2.24) is 0 Å². The van der Waals surface area contributed by atoms with Gasteiger partial charge in [0.1, 0.15) is 5.75 Å². The van der Waals surface area contributed by atoms with Gasteiger partial charge in [-0.25, -0.2) is 4.79 Å². The summed E-state index contributed by atoms with van der Waals surface area (Å²) in [6.45, 7) is 1.93. The minimum absolute atomic E-state index is 0.270. The minimum atomic E-state index is -0.270. The summed E-state index contributed by atoms with van der Waals surface area (Å²) < 4.78 is 4.74. The molecule has 0 aliphatic carbocycles. The van der Waals surface area contributed by atoms with E-state index >= 15 is 0 Å². The lowest BCUT2D eigenvalue weighted by Crippen LogP contribution is -2.04. The molecule has 0 unspecified atom stereocenters. The number of carbonyl (C=O) groups is 1. The van der Waals surface area contributed by atoms with Crippen LogP contribution in [0.2, 0.25) is 0 Å². The summed E-state index contributed by atoms with van der Waals surface area (Å²) in [5.41, 5.74) is 0.688. The Balaban J connectivity index is 2.20. The molecule has 0 fully saturated rings. The summed E-state index contributed by atoms with van der Waals surface area (Å²) in [5, 5.41) is 11.7. The lowest BCUT2D eigenvalue weighted by atomic mass is 10.1. The predicted molar refractivity (Wildman–Crippen MR) is 86.7 cm³/mol. The van der Waals surface area contributed by atoms with E-state index in [0.29, 0.717) is 17.7 Å². The van der Waals surface area contributed by atoms with E-state index in [9.17, 15) is 9.90 Å². The van der Waals surface area contributed by atoms with Gasteiger partial charge in [-0.2, -0.15) is 0 Å². The fourth-order valence-corrected chi connectivity index (χ4v) is 3.08. The van der Waals surface area contributed by atoms with Crippen LogP contribution in [-0.4, -0.2) is 23.9 Å². The van der Waals surface area contributed by atoms with Crippen molar-refractivity contribution in [2.45, 2.75) is 18.2 Å². The second kappa shape index (κ2) is 7.18. The Hall–Kier alpha value is -1.94. The van der Waals surface area contributed by atoms with Crippen molar-refractivity contribution in [3.05, 3.63) is 48.0 Å². The van der Waals surface area contributed by atoms with Crippen molar-refractivity contribution in [3.63, 3.8) is 0 Å². The Morgan fingerprint density at radius 2 is 1.95 bits per heavy atom. The highest BCUT2D eigenvalue weighted by Gasteiger charge is 2.08. The van der Waals surface area contributed by atoms with E-state index in [1.807, 2.05) is 43.3 Å². The molecule has 4 heteroatoms. The van der Waals surface area contributed by atoms with E-state index in [0.717, 1.165) is 15.7 Å². The maximum Gasteiger partial charge on any atom is 0.333 e. The lowest BCUT2D eigenvalue weighted by molar-refractivity contribution is -0.136. The number of rotatable bonds is 5. The molecule has 0 spiro atoms.